The molecule has 3 rings (SSSR count). The Bertz CT molecular complexity index is 822. The van der Waals surface area contributed by atoms with E-state index in [1.54, 1.807) is 7.11 Å². The second-order valence-electron chi connectivity index (χ2n) is 5.07. The number of carbonyl (C=O) groups excluding carboxylic acids is 1. The van der Waals surface area contributed by atoms with Crippen molar-refractivity contribution in [1.82, 2.24) is 5.16 Å². The van der Waals surface area contributed by atoms with E-state index in [1.165, 1.54) is 6.92 Å². The summed E-state index contributed by atoms with van der Waals surface area (Å²) in [5.41, 5.74) is 3.30. The van der Waals surface area contributed by atoms with E-state index in [4.69, 9.17) is 9.26 Å². The van der Waals surface area contributed by atoms with Crippen LogP contribution in [-0.2, 0) is 4.79 Å². The standard InChI is InChI=1S/C18H16N2O3/c1-12(21)19-15-8-6-13(7-9-15)17-11-18(23-20-17)14-4-3-5-16(10-14)22-2/h3-11H,1-2H3,(H,19,21). The first-order valence-electron chi connectivity index (χ1n) is 7.15. The number of carbonyl (C=O) groups is 1. The number of amides is 1. The zero-order valence-corrected chi connectivity index (χ0v) is 12.9. The second kappa shape index (κ2) is 6.36. The fraction of sp³-hybridized carbons (Fsp3) is 0.111. The molecule has 23 heavy (non-hydrogen) atoms. The van der Waals surface area contributed by atoms with Crippen LogP contribution in [0, 0.1) is 0 Å². The van der Waals surface area contributed by atoms with Crippen molar-refractivity contribution < 1.29 is 14.1 Å². The number of nitrogens with one attached hydrogen (secondary N) is 1. The first-order chi connectivity index (χ1) is 11.2. The highest BCUT2D eigenvalue weighted by molar-refractivity contribution is 5.88. The summed E-state index contributed by atoms with van der Waals surface area (Å²) in [4.78, 5) is 11.0. The zero-order valence-electron chi connectivity index (χ0n) is 12.9. The van der Waals surface area contributed by atoms with Crippen molar-refractivity contribution in [3.63, 3.8) is 0 Å². The van der Waals surface area contributed by atoms with Crippen molar-refractivity contribution in [2.24, 2.45) is 0 Å². The normalized spacial score (nSPS) is 10.3. The van der Waals surface area contributed by atoms with E-state index in [9.17, 15) is 4.79 Å². The highest BCUT2D eigenvalue weighted by atomic mass is 16.5. The SMILES string of the molecule is COc1cccc(-c2cc(-c3ccc(NC(C)=O)cc3)no2)c1. The average Bonchev–Trinajstić information content (AvgIpc) is 3.05. The second-order valence-corrected chi connectivity index (χ2v) is 5.07. The summed E-state index contributed by atoms with van der Waals surface area (Å²) in [5.74, 6) is 1.34. The molecule has 0 bridgehead atoms. The summed E-state index contributed by atoms with van der Waals surface area (Å²) in [6.07, 6.45) is 0. The van der Waals surface area contributed by atoms with E-state index < -0.39 is 0 Å². The first kappa shape index (κ1) is 14.8. The molecule has 0 aliphatic heterocycles. The van der Waals surface area contributed by atoms with Gasteiger partial charge in [0.15, 0.2) is 5.76 Å². The molecule has 0 spiro atoms. The molecule has 0 atom stereocenters. The van der Waals surface area contributed by atoms with Gasteiger partial charge < -0.3 is 14.6 Å². The van der Waals surface area contributed by atoms with E-state index in [2.05, 4.69) is 10.5 Å². The van der Waals surface area contributed by atoms with E-state index in [0.717, 1.165) is 28.3 Å². The van der Waals surface area contributed by atoms with Crippen LogP contribution in [0.25, 0.3) is 22.6 Å². The van der Waals surface area contributed by atoms with Crippen LogP contribution in [0.2, 0.25) is 0 Å². The Morgan fingerprint density at radius 3 is 2.57 bits per heavy atom. The van der Waals surface area contributed by atoms with Gasteiger partial charge >= 0.3 is 0 Å². The molecule has 3 aromatic rings. The van der Waals surface area contributed by atoms with Gasteiger partial charge in [-0.1, -0.05) is 29.4 Å². The van der Waals surface area contributed by atoms with Crippen LogP contribution in [0.1, 0.15) is 6.92 Å². The van der Waals surface area contributed by atoms with Gasteiger partial charge in [0.1, 0.15) is 11.4 Å². The van der Waals surface area contributed by atoms with Gasteiger partial charge in [0.25, 0.3) is 0 Å². The smallest absolute Gasteiger partial charge is 0.221 e. The molecule has 0 unspecified atom stereocenters. The Hall–Kier alpha value is -3.08. The highest BCUT2D eigenvalue weighted by Crippen LogP contribution is 2.28. The van der Waals surface area contributed by atoms with Crippen LogP contribution >= 0.6 is 0 Å². The number of rotatable bonds is 4. The Balaban J connectivity index is 1.85. The van der Waals surface area contributed by atoms with Gasteiger partial charge in [-0.25, -0.2) is 0 Å². The molecule has 0 radical (unpaired) electrons. The van der Waals surface area contributed by atoms with E-state index in [-0.39, 0.29) is 5.91 Å². The van der Waals surface area contributed by atoms with Crippen LogP contribution in [0.5, 0.6) is 5.75 Å². The number of hydrogen-bond donors (Lipinski definition) is 1. The lowest BCUT2D eigenvalue weighted by molar-refractivity contribution is -0.114. The summed E-state index contributed by atoms with van der Waals surface area (Å²) >= 11 is 0. The number of hydrogen-bond acceptors (Lipinski definition) is 4. The van der Waals surface area contributed by atoms with Gasteiger partial charge in [0, 0.05) is 29.8 Å². The maximum absolute atomic E-state index is 11.0. The van der Waals surface area contributed by atoms with Gasteiger partial charge in [-0.3, -0.25) is 4.79 Å². The number of methoxy groups -OCH3 is 1. The fourth-order valence-corrected chi connectivity index (χ4v) is 2.25. The molecule has 0 saturated heterocycles. The molecular weight excluding hydrogens is 292 g/mol. The Morgan fingerprint density at radius 1 is 1.09 bits per heavy atom. The molecule has 0 aliphatic rings. The number of nitrogens with zero attached hydrogens (tertiary/aromatic N) is 1. The molecule has 2 aromatic carbocycles. The van der Waals surface area contributed by atoms with E-state index in [0.29, 0.717) is 5.76 Å². The summed E-state index contributed by atoms with van der Waals surface area (Å²) in [7, 11) is 1.63. The summed E-state index contributed by atoms with van der Waals surface area (Å²) in [5, 5.41) is 6.84. The summed E-state index contributed by atoms with van der Waals surface area (Å²) in [6, 6.07) is 16.9. The van der Waals surface area contributed by atoms with Crippen molar-refractivity contribution in [3.8, 4) is 28.3 Å². The maximum Gasteiger partial charge on any atom is 0.221 e. The van der Waals surface area contributed by atoms with Crippen LogP contribution in [-0.4, -0.2) is 18.2 Å². The minimum Gasteiger partial charge on any atom is -0.497 e. The first-order valence-corrected chi connectivity index (χ1v) is 7.15. The lowest BCUT2D eigenvalue weighted by atomic mass is 10.1. The third-order valence-corrected chi connectivity index (χ3v) is 3.37. The largest absolute Gasteiger partial charge is 0.497 e. The number of aromatic nitrogens is 1. The number of benzene rings is 2. The third kappa shape index (κ3) is 3.40. The molecule has 5 heteroatoms. The third-order valence-electron chi connectivity index (χ3n) is 3.37. The van der Waals surface area contributed by atoms with Crippen LogP contribution in [0.3, 0.4) is 0 Å². The van der Waals surface area contributed by atoms with E-state index in [1.807, 2.05) is 54.6 Å². The van der Waals surface area contributed by atoms with Crippen molar-refractivity contribution in [3.05, 3.63) is 54.6 Å². The van der Waals surface area contributed by atoms with Gasteiger partial charge in [-0.2, -0.15) is 0 Å². The Kier molecular flexibility index (Phi) is 4.10. The molecule has 1 amide bonds. The molecule has 1 aromatic heterocycles. The maximum atomic E-state index is 11.0. The monoisotopic (exact) mass is 308 g/mol. The van der Waals surface area contributed by atoms with Crippen molar-refractivity contribution in [1.29, 1.82) is 0 Å². The molecule has 1 heterocycles. The van der Waals surface area contributed by atoms with Crippen molar-refractivity contribution >= 4 is 11.6 Å². The minimum absolute atomic E-state index is 0.0977. The molecule has 1 N–H and O–H groups in total. The number of ether oxygens (including phenoxy) is 1. The molecule has 5 nitrogen and oxygen atoms in total. The summed E-state index contributed by atoms with van der Waals surface area (Å²) in [6.45, 7) is 1.48. The molecular formula is C18H16N2O3. The molecule has 116 valence electrons. The quantitative estimate of drug-likeness (QED) is 0.792. The average molecular weight is 308 g/mol. The topological polar surface area (TPSA) is 64.4 Å². The van der Waals surface area contributed by atoms with Crippen molar-refractivity contribution in [2.45, 2.75) is 6.92 Å². The predicted octanol–water partition coefficient (Wildman–Crippen LogP) is 3.98. The molecule has 0 fully saturated rings. The van der Waals surface area contributed by atoms with Crippen LogP contribution in [0.15, 0.2) is 59.1 Å². The molecule has 0 saturated carbocycles. The fourth-order valence-electron chi connectivity index (χ4n) is 2.25. The van der Waals surface area contributed by atoms with Crippen molar-refractivity contribution in [2.75, 3.05) is 12.4 Å². The number of anilines is 1. The van der Waals surface area contributed by atoms with Gasteiger partial charge in [0.05, 0.1) is 7.11 Å². The lowest BCUT2D eigenvalue weighted by Gasteiger charge is -2.02. The van der Waals surface area contributed by atoms with Gasteiger partial charge in [-0.15, -0.1) is 0 Å². The van der Waals surface area contributed by atoms with Crippen LogP contribution in [0.4, 0.5) is 5.69 Å². The van der Waals surface area contributed by atoms with Gasteiger partial charge in [0.2, 0.25) is 5.91 Å². The molecule has 0 aliphatic carbocycles. The van der Waals surface area contributed by atoms with Gasteiger partial charge in [-0.05, 0) is 24.3 Å². The van der Waals surface area contributed by atoms with Crippen LogP contribution < -0.4 is 10.1 Å². The summed E-state index contributed by atoms with van der Waals surface area (Å²) < 4.78 is 10.6. The Labute approximate surface area is 133 Å². The van der Waals surface area contributed by atoms with E-state index >= 15 is 0 Å². The minimum atomic E-state index is -0.0977. The lowest BCUT2D eigenvalue weighted by Crippen LogP contribution is -2.05. The highest BCUT2D eigenvalue weighted by Gasteiger charge is 2.09. The Morgan fingerprint density at radius 2 is 1.87 bits per heavy atom. The zero-order chi connectivity index (χ0) is 16.2. The predicted molar refractivity (Wildman–Crippen MR) is 88.2 cm³/mol.